The second-order valence-electron chi connectivity index (χ2n) is 6.38. The predicted octanol–water partition coefficient (Wildman–Crippen LogP) is 3.59. The van der Waals surface area contributed by atoms with E-state index in [4.69, 9.17) is 0 Å². The van der Waals surface area contributed by atoms with Crippen molar-refractivity contribution >= 4 is 37.2 Å². The highest BCUT2D eigenvalue weighted by Gasteiger charge is 2.19. The van der Waals surface area contributed by atoms with Gasteiger partial charge in [0.05, 0.1) is 10.3 Å². The number of hydrogen-bond donors (Lipinski definition) is 1. The maximum atomic E-state index is 11.5. The van der Waals surface area contributed by atoms with Crippen molar-refractivity contribution in [2.45, 2.75) is 37.1 Å². The van der Waals surface area contributed by atoms with Crippen LogP contribution in [0.4, 0.5) is 5.82 Å². The molecule has 25 heavy (non-hydrogen) atoms. The van der Waals surface area contributed by atoms with Crippen LogP contribution in [-0.2, 0) is 29.2 Å². The average Bonchev–Trinajstić information content (AvgIpc) is 2.98. The van der Waals surface area contributed by atoms with Gasteiger partial charge < -0.3 is 5.32 Å². The van der Waals surface area contributed by atoms with Gasteiger partial charge in [-0.1, -0.05) is 12.1 Å². The Hall–Kier alpha value is -1.99. The molecule has 1 aliphatic rings. The molecule has 1 aromatic carbocycles. The van der Waals surface area contributed by atoms with Crippen molar-refractivity contribution in [3.8, 4) is 0 Å². The highest BCUT2D eigenvalue weighted by atomic mass is 32.2. The third kappa shape index (κ3) is 3.26. The van der Waals surface area contributed by atoms with Crippen LogP contribution in [0.3, 0.4) is 0 Å². The first-order chi connectivity index (χ1) is 12.0. The van der Waals surface area contributed by atoms with Gasteiger partial charge in [0.2, 0.25) is 0 Å². The van der Waals surface area contributed by atoms with Gasteiger partial charge in [0.1, 0.15) is 17.0 Å². The fourth-order valence-corrected chi connectivity index (χ4v) is 5.12. The summed E-state index contributed by atoms with van der Waals surface area (Å²) >= 11 is 1.78. The molecule has 1 aliphatic carbocycles. The summed E-state index contributed by atoms with van der Waals surface area (Å²) in [4.78, 5) is 11.7. The summed E-state index contributed by atoms with van der Waals surface area (Å²) in [6.45, 7) is 0.598. The molecule has 2 heterocycles. The lowest BCUT2D eigenvalue weighted by Crippen LogP contribution is -2.05. The summed E-state index contributed by atoms with van der Waals surface area (Å²) in [7, 11) is -3.16. The van der Waals surface area contributed by atoms with E-state index in [2.05, 4.69) is 15.3 Å². The molecule has 0 spiro atoms. The van der Waals surface area contributed by atoms with E-state index in [1.807, 2.05) is 12.1 Å². The quantitative estimate of drug-likeness (QED) is 0.757. The first-order valence-corrected chi connectivity index (χ1v) is 11.0. The van der Waals surface area contributed by atoms with Gasteiger partial charge in [-0.3, -0.25) is 0 Å². The minimum Gasteiger partial charge on any atom is -0.365 e. The fraction of sp³-hybridized carbons (Fsp3) is 0.333. The van der Waals surface area contributed by atoms with Gasteiger partial charge in [-0.2, -0.15) is 0 Å². The molecule has 0 bridgehead atoms. The zero-order chi connectivity index (χ0) is 17.4. The van der Waals surface area contributed by atoms with Gasteiger partial charge in [0.25, 0.3) is 0 Å². The first kappa shape index (κ1) is 16.5. The summed E-state index contributed by atoms with van der Waals surface area (Å²) in [6.07, 6.45) is 7.54. The van der Waals surface area contributed by atoms with Gasteiger partial charge in [-0.25, -0.2) is 18.4 Å². The topological polar surface area (TPSA) is 72.0 Å². The maximum Gasteiger partial charge on any atom is 0.175 e. The summed E-state index contributed by atoms with van der Waals surface area (Å²) in [5.41, 5.74) is 2.42. The zero-order valence-corrected chi connectivity index (χ0v) is 15.6. The second-order valence-corrected chi connectivity index (χ2v) is 9.48. The third-order valence-electron chi connectivity index (χ3n) is 4.56. The molecule has 0 amide bonds. The van der Waals surface area contributed by atoms with Crippen LogP contribution in [0.15, 0.2) is 35.5 Å². The Kier molecular flexibility index (Phi) is 4.21. The smallest absolute Gasteiger partial charge is 0.175 e. The van der Waals surface area contributed by atoms with Crippen LogP contribution in [0, 0.1) is 0 Å². The Bertz CT molecular complexity index is 1020. The van der Waals surface area contributed by atoms with Gasteiger partial charge in [-0.05, 0) is 48.9 Å². The molecule has 0 saturated carbocycles. The number of hydrogen-bond acceptors (Lipinski definition) is 6. The monoisotopic (exact) mass is 373 g/mol. The lowest BCUT2D eigenvalue weighted by Gasteiger charge is -2.12. The Balaban J connectivity index is 1.60. The SMILES string of the molecule is CS(=O)(=O)c1ccc(CNc2ncnc3sc4c(c23)CCCC4)cc1. The van der Waals surface area contributed by atoms with Crippen molar-refractivity contribution in [2.24, 2.45) is 0 Å². The normalized spacial score (nSPS) is 14.4. The molecule has 7 heteroatoms. The molecule has 1 N–H and O–H groups in total. The Morgan fingerprint density at radius 3 is 2.64 bits per heavy atom. The largest absolute Gasteiger partial charge is 0.365 e. The van der Waals surface area contributed by atoms with Crippen LogP contribution in [0.5, 0.6) is 0 Å². The number of fused-ring (bicyclic) bond motifs is 3. The lowest BCUT2D eigenvalue weighted by atomic mass is 9.97. The summed E-state index contributed by atoms with van der Waals surface area (Å²) in [5.74, 6) is 0.872. The van der Waals surface area contributed by atoms with Crippen LogP contribution in [0.2, 0.25) is 0 Å². The Morgan fingerprint density at radius 1 is 1.12 bits per heavy atom. The second kappa shape index (κ2) is 6.38. The van der Waals surface area contributed by atoms with E-state index in [0.29, 0.717) is 11.4 Å². The number of benzene rings is 1. The number of anilines is 1. The Morgan fingerprint density at radius 2 is 1.88 bits per heavy atom. The van der Waals surface area contributed by atoms with Crippen LogP contribution < -0.4 is 5.32 Å². The van der Waals surface area contributed by atoms with E-state index in [9.17, 15) is 8.42 Å². The minimum absolute atomic E-state index is 0.340. The fourth-order valence-electron chi connectivity index (χ4n) is 3.26. The highest BCUT2D eigenvalue weighted by molar-refractivity contribution is 7.90. The van der Waals surface area contributed by atoms with Crippen LogP contribution >= 0.6 is 11.3 Å². The molecule has 5 nitrogen and oxygen atoms in total. The molecule has 4 rings (SSSR count). The van der Waals surface area contributed by atoms with Crippen molar-refractivity contribution < 1.29 is 8.42 Å². The highest BCUT2D eigenvalue weighted by Crippen LogP contribution is 2.38. The van der Waals surface area contributed by atoms with Crippen molar-refractivity contribution in [1.82, 2.24) is 9.97 Å². The van der Waals surface area contributed by atoms with E-state index in [1.54, 1.807) is 29.8 Å². The summed E-state index contributed by atoms with van der Waals surface area (Å²) in [5, 5.41) is 4.57. The molecule has 0 atom stereocenters. The van der Waals surface area contributed by atoms with Gasteiger partial charge in [0.15, 0.2) is 9.84 Å². The van der Waals surface area contributed by atoms with Gasteiger partial charge >= 0.3 is 0 Å². The van der Waals surface area contributed by atoms with Gasteiger partial charge in [0, 0.05) is 17.7 Å². The molecule has 0 saturated heterocycles. The van der Waals surface area contributed by atoms with E-state index in [0.717, 1.165) is 34.4 Å². The summed E-state index contributed by atoms with van der Waals surface area (Å²) < 4.78 is 23.1. The minimum atomic E-state index is -3.16. The molecule has 2 aromatic heterocycles. The van der Waals surface area contributed by atoms with Crippen molar-refractivity contribution in [3.63, 3.8) is 0 Å². The molecule has 0 fully saturated rings. The molecule has 3 aromatic rings. The molecule has 130 valence electrons. The Labute approximate surface area is 151 Å². The lowest BCUT2D eigenvalue weighted by molar-refractivity contribution is 0.602. The third-order valence-corrected chi connectivity index (χ3v) is 6.89. The molecular weight excluding hydrogens is 354 g/mol. The maximum absolute atomic E-state index is 11.5. The van der Waals surface area contributed by atoms with Crippen LogP contribution in [0.25, 0.3) is 10.2 Å². The molecular formula is C18H19N3O2S2. The number of aryl methyl sites for hydroxylation is 2. The van der Waals surface area contributed by atoms with E-state index in [-0.39, 0.29) is 0 Å². The van der Waals surface area contributed by atoms with Gasteiger partial charge in [-0.15, -0.1) is 11.3 Å². The summed E-state index contributed by atoms with van der Waals surface area (Å²) in [6, 6.07) is 6.97. The van der Waals surface area contributed by atoms with Crippen molar-refractivity contribution in [3.05, 3.63) is 46.6 Å². The predicted molar refractivity (Wildman–Crippen MR) is 101 cm³/mol. The standard InChI is InChI=1S/C18H19N3O2S2/c1-25(22,23)13-8-6-12(7-9-13)10-19-17-16-14-4-2-3-5-15(14)24-18(16)21-11-20-17/h6-9,11H,2-5,10H2,1H3,(H,19,20,21). The van der Waals surface area contributed by atoms with E-state index < -0.39 is 9.84 Å². The first-order valence-electron chi connectivity index (χ1n) is 8.30. The van der Waals surface area contributed by atoms with Crippen molar-refractivity contribution in [1.29, 1.82) is 0 Å². The van der Waals surface area contributed by atoms with Crippen LogP contribution in [0.1, 0.15) is 28.8 Å². The number of nitrogens with one attached hydrogen (secondary N) is 1. The molecule has 0 aliphatic heterocycles. The molecule has 0 radical (unpaired) electrons. The zero-order valence-electron chi connectivity index (χ0n) is 13.9. The van der Waals surface area contributed by atoms with Crippen LogP contribution in [-0.4, -0.2) is 24.6 Å². The number of thiophene rings is 1. The average molecular weight is 374 g/mol. The number of sulfone groups is 1. The molecule has 0 unspecified atom stereocenters. The number of aromatic nitrogens is 2. The number of rotatable bonds is 4. The van der Waals surface area contributed by atoms with E-state index in [1.165, 1.54) is 29.5 Å². The number of nitrogens with zero attached hydrogens (tertiary/aromatic N) is 2. The van der Waals surface area contributed by atoms with Crippen molar-refractivity contribution in [2.75, 3.05) is 11.6 Å². The van der Waals surface area contributed by atoms with E-state index >= 15 is 0 Å².